The number of methoxy groups -OCH3 is 1. The van der Waals surface area contributed by atoms with Crippen LogP contribution >= 0.6 is 0 Å². The van der Waals surface area contributed by atoms with Crippen molar-refractivity contribution in [1.29, 1.82) is 0 Å². The lowest BCUT2D eigenvalue weighted by Gasteiger charge is -2.24. The van der Waals surface area contributed by atoms with Crippen LogP contribution in [-0.4, -0.2) is 71.7 Å². The van der Waals surface area contributed by atoms with Gasteiger partial charge in [0.25, 0.3) is 0 Å². The number of rotatable bonds is 9. The Bertz CT molecular complexity index is 1060. The van der Waals surface area contributed by atoms with Crippen LogP contribution in [0.15, 0.2) is 24.5 Å². The number of hydrogen-bond donors (Lipinski definition) is 3. The molecule has 0 aliphatic rings. The topological polar surface area (TPSA) is 131 Å². The Morgan fingerprint density at radius 1 is 1.17 bits per heavy atom. The number of nitrogens with one attached hydrogen (secondary N) is 3. The molecule has 11 heteroatoms. The number of carbonyl (C=O) groups excluding carboxylic acids is 2. The second kappa shape index (κ2) is 13.0. The highest BCUT2D eigenvalue weighted by atomic mass is 16.6. The van der Waals surface area contributed by atoms with E-state index in [-0.39, 0.29) is 12.5 Å². The van der Waals surface area contributed by atoms with Crippen LogP contribution in [0.2, 0.25) is 0 Å². The van der Waals surface area contributed by atoms with Crippen LogP contribution in [0.1, 0.15) is 39.2 Å². The monoisotopic (exact) mass is 483 g/mol. The Hall–Kier alpha value is -4.07. The average molecular weight is 484 g/mol. The van der Waals surface area contributed by atoms with Crippen LogP contribution in [0.3, 0.4) is 0 Å². The number of aromatic nitrogens is 3. The fraction of sp³-hybridized carbons (Fsp3) is 0.458. The number of anilines is 3. The third kappa shape index (κ3) is 9.75. The molecule has 11 nitrogen and oxygen atoms in total. The quantitative estimate of drug-likeness (QED) is 0.364. The first-order valence-electron chi connectivity index (χ1n) is 11.1. The summed E-state index contributed by atoms with van der Waals surface area (Å²) in [7, 11) is 4.81. The van der Waals surface area contributed by atoms with Crippen molar-refractivity contribution in [3.8, 4) is 17.7 Å². The fourth-order valence-electron chi connectivity index (χ4n) is 2.64. The van der Waals surface area contributed by atoms with Gasteiger partial charge in [0, 0.05) is 33.1 Å². The fourth-order valence-corrected chi connectivity index (χ4v) is 2.64. The average Bonchev–Trinajstić information content (AvgIpc) is 2.81. The van der Waals surface area contributed by atoms with Gasteiger partial charge in [0.1, 0.15) is 12.1 Å². The van der Waals surface area contributed by atoms with E-state index in [1.54, 1.807) is 53.4 Å². The van der Waals surface area contributed by atoms with E-state index in [1.165, 1.54) is 11.9 Å². The molecule has 0 aliphatic carbocycles. The molecule has 0 unspecified atom stereocenters. The molecule has 0 bridgehead atoms. The number of carbonyl (C=O) groups is 2. The van der Waals surface area contributed by atoms with Gasteiger partial charge in [-0.2, -0.15) is 4.98 Å². The molecule has 0 spiro atoms. The first-order chi connectivity index (χ1) is 16.6. The molecule has 0 saturated carbocycles. The van der Waals surface area contributed by atoms with Gasteiger partial charge >= 0.3 is 6.09 Å². The van der Waals surface area contributed by atoms with Crippen LogP contribution in [-0.2, 0) is 9.53 Å². The Balaban J connectivity index is 1.86. The molecule has 0 atom stereocenters. The predicted molar refractivity (Wildman–Crippen MR) is 134 cm³/mol. The van der Waals surface area contributed by atoms with E-state index in [9.17, 15) is 9.59 Å². The van der Waals surface area contributed by atoms with Crippen LogP contribution in [0, 0.1) is 11.8 Å². The highest BCUT2D eigenvalue weighted by Crippen LogP contribution is 2.20. The van der Waals surface area contributed by atoms with Gasteiger partial charge in [-0.05, 0) is 33.3 Å². The summed E-state index contributed by atoms with van der Waals surface area (Å²) >= 11 is 0. The molecule has 0 fully saturated rings. The molecular weight excluding hydrogens is 450 g/mol. The van der Waals surface area contributed by atoms with Crippen molar-refractivity contribution in [3.05, 3.63) is 30.1 Å². The molecule has 188 valence electrons. The summed E-state index contributed by atoms with van der Waals surface area (Å²) in [6, 6.07) is 3.57. The zero-order chi connectivity index (χ0) is 25.8. The summed E-state index contributed by atoms with van der Waals surface area (Å²) in [6.45, 7) is 5.68. The number of hydrogen-bond acceptors (Lipinski definition) is 9. The Morgan fingerprint density at radius 2 is 1.94 bits per heavy atom. The largest absolute Gasteiger partial charge is 0.481 e. The zero-order valence-corrected chi connectivity index (χ0v) is 21.1. The van der Waals surface area contributed by atoms with E-state index in [4.69, 9.17) is 9.47 Å². The first kappa shape index (κ1) is 27.2. The van der Waals surface area contributed by atoms with Crippen molar-refractivity contribution in [2.24, 2.45) is 0 Å². The van der Waals surface area contributed by atoms with Crippen molar-refractivity contribution in [1.82, 2.24) is 25.2 Å². The molecule has 0 radical (unpaired) electrons. The van der Waals surface area contributed by atoms with E-state index in [1.807, 2.05) is 6.07 Å². The van der Waals surface area contributed by atoms with E-state index >= 15 is 0 Å². The third-order valence-corrected chi connectivity index (χ3v) is 4.33. The van der Waals surface area contributed by atoms with Crippen LogP contribution in [0.4, 0.5) is 22.2 Å². The summed E-state index contributed by atoms with van der Waals surface area (Å²) in [5.74, 6) is 7.40. The Morgan fingerprint density at radius 3 is 2.57 bits per heavy atom. The second-order valence-electron chi connectivity index (χ2n) is 8.51. The standard InChI is InChI=1S/C24H33N7O4/c1-24(2,3)35-23(33)31(5)16-19(32)26-13-9-7-8-10-17-14-28-22(25-4)30-21(17)29-18-11-12-20(34-6)27-15-18/h11-12,14-15H,7,9,13,16H2,1-6H3,(H,26,32)(H2,25,28,29,30). The summed E-state index contributed by atoms with van der Waals surface area (Å²) < 4.78 is 10.3. The molecule has 0 aliphatic heterocycles. The third-order valence-electron chi connectivity index (χ3n) is 4.33. The van der Waals surface area contributed by atoms with E-state index in [2.05, 4.69) is 42.7 Å². The van der Waals surface area contributed by atoms with Crippen LogP contribution in [0.25, 0.3) is 0 Å². The number of nitrogens with zero attached hydrogens (tertiary/aromatic N) is 4. The van der Waals surface area contributed by atoms with Gasteiger partial charge in [0.2, 0.25) is 17.7 Å². The highest BCUT2D eigenvalue weighted by Gasteiger charge is 2.20. The molecule has 0 saturated heterocycles. The van der Waals surface area contributed by atoms with Gasteiger partial charge in [-0.1, -0.05) is 11.8 Å². The van der Waals surface area contributed by atoms with E-state index < -0.39 is 11.7 Å². The van der Waals surface area contributed by atoms with Crippen molar-refractivity contribution in [2.45, 2.75) is 39.2 Å². The van der Waals surface area contributed by atoms with Gasteiger partial charge in [-0.25, -0.2) is 14.8 Å². The second-order valence-corrected chi connectivity index (χ2v) is 8.51. The minimum absolute atomic E-state index is 0.0784. The lowest BCUT2D eigenvalue weighted by Crippen LogP contribution is -2.41. The minimum atomic E-state index is -0.611. The van der Waals surface area contributed by atoms with E-state index in [0.717, 1.165) is 5.69 Å². The summed E-state index contributed by atoms with van der Waals surface area (Å²) in [5, 5.41) is 8.88. The normalized spacial score (nSPS) is 10.5. The van der Waals surface area contributed by atoms with Crippen molar-refractivity contribution in [2.75, 3.05) is 44.9 Å². The van der Waals surface area contributed by atoms with Gasteiger partial charge < -0.3 is 30.3 Å². The molecule has 2 amide bonds. The molecule has 2 aromatic heterocycles. The van der Waals surface area contributed by atoms with Crippen LogP contribution in [0.5, 0.6) is 5.88 Å². The molecule has 2 heterocycles. The molecule has 35 heavy (non-hydrogen) atoms. The minimum Gasteiger partial charge on any atom is -0.481 e. The molecule has 0 aromatic carbocycles. The van der Waals surface area contributed by atoms with Crippen molar-refractivity contribution >= 4 is 29.5 Å². The number of ether oxygens (including phenoxy) is 2. The zero-order valence-electron chi connectivity index (χ0n) is 21.1. The van der Waals surface area contributed by atoms with Gasteiger partial charge in [-0.15, -0.1) is 0 Å². The SMILES string of the molecule is CNc1ncc(C#CCCCNC(=O)CN(C)C(=O)OC(C)(C)C)c(Nc2ccc(OC)nc2)n1. The number of unbranched alkanes of at least 4 members (excludes halogenated alkanes) is 1. The predicted octanol–water partition coefficient (Wildman–Crippen LogP) is 2.78. The Kier molecular flexibility index (Phi) is 10.1. The van der Waals surface area contributed by atoms with Crippen LogP contribution < -0.4 is 20.7 Å². The number of pyridine rings is 1. The number of amides is 2. The lowest BCUT2D eigenvalue weighted by atomic mass is 10.2. The summed E-state index contributed by atoms with van der Waals surface area (Å²) in [5.41, 5.74) is 0.747. The maximum atomic E-state index is 12.1. The van der Waals surface area contributed by atoms with Crippen molar-refractivity contribution in [3.63, 3.8) is 0 Å². The maximum Gasteiger partial charge on any atom is 0.410 e. The summed E-state index contributed by atoms with van der Waals surface area (Å²) in [4.78, 5) is 38.1. The molecule has 3 N–H and O–H groups in total. The molecule has 2 rings (SSSR count). The van der Waals surface area contributed by atoms with E-state index in [0.29, 0.717) is 42.6 Å². The molecular formula is C24H33N7O4. The Labute approximate surface area is 206 Å². The lowest BCUT2D eigenvalue weighted by molar-refractivity contribution is -0.122. The van der Waals surface area contributed by atoms with Gasteiger partial charge in [0.05, 0.1) is 30.8 Å². The van der Waals surface area contributed by atoms with Gasteiger partial charge in [-0.3, -0.25) is 4.79 Å². The maximum absolute atomic E-state index is 12.1. The highest BCUT2D eigenvalue weighted by molar-refractivity contribution is 5.82. The van der Waals surface area contributed by atoms with Crippen molar-refractivity contribution < 1.29 is 19.1 Å². The molecule has 2 aromatic rings. The number of likely N-dealkylation sites (N-methyl/N-ethyl adjacent to an activating group) is 1. The van der Waals surface area contributed by atoms with Gasteiger partial charge in [0.15, 0.2) is 5.82 Å². The summed E-state index contributed by atoms with van der Waals surface area (Å²) in [6.07, 6.45) is 3.94. The smallest absolute Gasteiger partial charge is 0.410 e. The first-order valence-corrected chi connectivity index (χ1v) is 11.1.